The number of hydrogen-bond acceptors (Lipinski definition) is 4. The number of benzene rings is 3. The molecule has 2 heterocycles. The average Bonchev–Trinajstić information content (AvgIpc) is 3.26. The van der Waals surface area contributed by atoms with Gasteiger partial charge in [0.1, 0.15) is 11.6 Å². The van der Waals surface area contributed by atoms with Crippen LogP contribution in [0.4, 0.5) is 20.2 Å². The van der Waals surface area contributed by atoms with Crippen LogP contribution in [-0.2, 0) is 0 Å². The first-order valence-electron chi connectivity index (χ1n) is 11.2. The molecule has 1 fully saturated rings. The van der Waals surface area contributed by atoms with Crippen LogP contribution in [-0.4, -0.2) is 40.6 Å². The Balaban J connectivity index is 1.34. The Morgan fingerprint density at radius 1 is 1.09 bits per heavy atom. The predicted molar refractivity (Wildman–Crippen MR) is 128 cm³/mol. The highest BCUT2D eigenvalue weighted by Crippen LogP contribution is 2.34. The molecule has 0 saturated carbocycles. The van der Waals surface area contributed by atoms with Crippen molar-refractivity contribution in [2.45, 2.75) is 24.9 Å². The van der Waals surface area contributed by atoms with Gasteiger partial charge in [-0.05, 0) is 62.4 Å². The third-order valence-corrected chi connectivity index (χ3v) is 6.37. The van der Waals surface area contributed by atoms with Gasteiger partial charge < -0.3 is 10.6 Å². The molecule has 1 amide bonds. The number of halogens is 2. The van der Waals surface area contributed by atoms with Crippen molar-refractivity contribution in [1.82, 2.24) is 20.4 Å². The maximum atomic E-state index is 14.0. The summed E-state index contributed by atoms with van der Waals surface area (Å²) in [4.78, 5) is 14.9. The Morgan fingerprint density at radius 2 is 1.91 bits per heavy atom. The van der Waals surface area contributed by atoms with E-state index in [9.17, 15) is 13.6 Å². The quantitative estimate of drug-likeness (QED) is 0.384. The zero-order valence-corrected chi connectivity index (χ0v) is 18.7. The summed E-state index contributed by atoms with van der Waals surface area (Å²) in [5.74, 6) is -1.34. The van der Waals surface area contributed by atoms with Crippen LogP contribution in [0.25, 0.3) is 10.9 Å². The number of carbonyl (C=O) groups excluding carboxylic acids is 1. The van der Waals surface area contributed by atoms with Crippen molar-refractivity contribution in [3.63, 3.8) is 0 Å². The van der Waals surface area contributed by atoms with Gasteiger partial charge in [-0.2, -0.15) is 5.10 Å². The van der Waals surface area contributed by atoms with Crippen LogP contribution in [0.3, 0.4) is 0 Å². The zero-order valence-electron chi connectivity index (χ0n) is 18.7. The largest absolute Gasteiger partial charge is 0.353 e. The highest BCUT2D eigenvalue weighted by Gasteiger charge is 2.30. The molecule has 0 spiro atoms. The Kier molecular flexibility index (Phi) is 5.98. The van der Waals surface area contributed by atoms with Gasteiger partial charge in [-0.25, -0.2) is 8.78 Å². The number of hydrogen-bond donors (Lipinski definition) is 3. The van der Waals surface area contributed by atoms with Crippen molar-refractivity contribution in [3.05, 3.63) is 89.6 Å². The van der Waals surface area contributed by atoms with Gasteiger partial charge in [0.25, 0.3) is 5.91 Å². The van der Waals surface area contributed by atoms with Crippen molar-refractivity contribution in [2.24, 2.45) is 0 Å². The lowest BCUT2D eigenvalue weighted by atomic mass is 9.93. The first-order valence-corrected chi connectivity index (χ1v) is 11.2. The normalized spacial score (nSPS) is 18.7. The molecule has 1 saturated heterocycles. The smallest absolute Gasteiger partial charge is 0.251 e. The topological polar surface area (TPSA) is 73.0 Å². The summed E-state index contributed by atoms with van der Waals surface area (Å²) in [5.41, 5.74) is 3.23. The minimum absolute atomic E-state index is 0.0506. The minimum atomic E-state index is -0.657. The Bertz CT molecular complexity index is 1320. The molecule has 3 aromatic carbocycles. The van der Waals surface area contributed by atoms with Gasteiger partial charge >= 0.3 is 0 Å². The molecule has 1 aromatic heterocycles. The number of aromatic amines is 1. The lowest BCUT2D eigenvalue weighted by Gasteiger charge is -2.37. The number of carbonyl (C=O) groups is 1. The van der Waals surface area contributed by atoms with E-state index < -0.39 is 11.6 Å². The van der Waals surface area contributed by atoms with E-state index in [0.717, 1.165) is 42.0 Å². The zero-order chi connectivity index (χ0) is 23.7. The van der Waals surface area contributed by atoms with Crippen LogP contribution in [0.2, 0.25) is 0 Å². The number of aromatic nitrogens is 2. The van der Waals surface area contributed by atoms with Gasteiger partial charge in [0.2, 0.25) is 0 Å². The fraction of sp³-hybridized carbons (Fsp3) is 0.231. The van der Waals surface area contributed by atoms with Gasteiger partial charge in [0, 0.05) is 35.3 Å². The molecule has 2 atom stereocenters. The van der Waals surface area contributed by atoms with Gasteiger partial charge in [-0.1, -0.05) is 18.2 Å². The molecule has 5 rings (SSSR count). The number of amides is 1. The summed E-state index contributed by atoms with van der Waals surface area (Å²) >= 11 is 0. The standard InChI is InChI=1S/C26H25F2N5O/c1-33-12-11-19(30-26(34)16-5-3-2-4-6-16)15-24(33)25-20-9-8-18(14-23(20)31-32-25)29-22-10-7-17(27)13-21(22)28/h2-10,13-14,19,24,29H,11-12,15H2,1H3,(H,30,34)(H,31,32). The lowest BCUT2D eigenvalue weighted by Crippen LogP contribution is -2.45. The third-order valence-electron chi connectivity index (χ3n) is 6.37. The van der Waals surface area contributed by atoms with Crippen LogP contribution in [0.5, 0.6) is 0 Å². The number of likely N-dealkylation sites (tertiary alicyclic amines) is 1. The number of rotatable bonds is 5. The van der Waals surface area contributed by atoms with Crippen molar-refractivity contribution >= 4 is 28.2 Å². The SMILES string of the molecule is CN1CCC(NC(=O)c2ccccc2)CC1c1[nH]nc2cc(Nc3ccc(F)cc3F)ccc12. The number of nitrogens with zero attached hydrogens (tertiary/aromatic N) is 2. The first kappa shape index (κ1) is 22.0. The summed E-state index contributed by atoms with van der Waals surface area (Å²) < 4.78 is 27.2. The molecular weight excluding hydrogens is 436 g/mol. The highest BCUT2D eigenvalue weighted by atomic mass is 19.1. The number of H-pyrrole nitrogens is 1. The Hall–Kier alpha value is -3.78. The summed E-state index contributed by atoms with van der Waals surface area (Å²) in [6.45, 7) is 0.842. The second-order valence-electron chi connectivity index (χ2n) is 8.68. The number of fused-ring (bicyclic) bond motifs is 1. The fourth-order valence-electron chi connectivity index (χ4n) is 4.52. The minimum Gasteiger partial charge on any atom is -0.353 e. The van der Waals surface area contributed by atoms with E-state index in [1.807, 2.05) is 48.5 Å². The molecule has 0 aliphatic carbocycles. The molecular formula is C26H25F2N5O. The molecule has 4 aromatic rings. The molecule has 34 heavy (non-hydrogen) atoms. The summed E-state index contributed by atoms with van der Waals surface area (Å²) in [6, 6.07) is 18.4. The summed E-state index contributed by atoms with van der Waals surface area (Å²) in [6.07, 6.45) is 1.63. The highest BCUT2D eigenvalue weighted by molar-refractivity contribution is 5.94. The lowest BCUT2D eigenvalue weighted by molar-refractivity contribution is 0.0887. The van der Waals surface area contributed by atoms with E-state index in [1.165, 1.54) is 12.1 Å². The fourth-order valence-corrected chi connectivity index (χ4v) is 4.52. The number of nitrogens with one attached hydrogen (secondary N) is 3. The van der Waals surface area contributed by atoms with Crippen molar-refractivity contribution in [3.8, 4) is 0 Å². The average molecular weight is 462 g/mol. The van der Waals surface area contributed by atoms with E-state index in [4.69, 9.17) is 0 Å². The van der Waals surface area contributed by atoms with Crippen molar-refractivity contribution < 1.29 is 13.6 Å². The van der Waals surface area contributed by atoms with Crippen molar-refractivity contribution in [1.29, 1.82) is 0 Å². The van der Waals surface area contributed by atoms with E-state index in [2.05, 4.69) is 32.8 Å². The van der Waals surface area contributed by atoms with Crippen molar-refractivity contribution in [2.75, 3.05) is 18.9 Å². The van der Waals surface area contributed by atoms with Gasteiger partial charge in [-0.3, -0.25) is 14.8 Å². The van der Waals surface area contributed by atoms with E-state index in [0.29, 0.717) is 11.3 Å². The molecule has 8 heteroatoms. The molecule has 3 N–H and O–H groups in total. The maximum absolute atomic E-state index is 14.0. The third kappa shape index (κ3) is 4.49. The summed E-state index contributed by atoms with van der Waals surface area (Å²) in [5, 5.41) is 14.8. The number of anilines is 2. The van der Waals surface area contributed by atoms with E-state index in [1.54, 1.807) is 0 Å². The Morgan fingerprint density at radius 3 is 2.71 bits per heavy atom. The van der Waals surface area contributed by atoms with Crippen LogP contribution in [0.15, 0.2) is 66.7 Å². The second kappa shape index (κ2) is 9.23. The Labute approximate surface area is 196 Å². The first-order chi connectivity index (χ1) is 16.5. The monoisotopic (exact) mass is 461 g/mol. The van der Waals surface area contributed by atoms with E-state index >= 15 is 0 Å². The molecule has 2 unspecified atom stereocenters. The number of piperidine rings is 1. The van der Waals surface area contributed by atoms with Gasteiger partial charge in [-0.15, -0.1) is 0 Å². The van der Waals surface area contributed by atoms with Crippen LogP contribution in [0, 0.1) is 11.6 Å². The molecule has 1 aliphatic heterocycles. The maximum Gasteiger partial charge on any atom is 0.251 e. The van der Waals surface area contributed by atoms with E-state index in [-0.39, 0.29) is 23.7 Å². The van der Waals surface area contributed by atoms with Crippen LogP contribution >= 0.6 is 0 Å². The molecule has 0 bridgehead atoms. The van der Waals surface area contributed by atoms with Crippen LogP contribution in [0.1, 0.15) is 34.9 Å². The predicted octanol–water partition coefficient (Wildman–Crippen LogP) is 5.15. The molecule has 174 valence electrons. The molecule has 1 aliphatic rings. The second-order valence-corrected chi connectivity index (χ2v) is 8.68. The van der Waals surface area contributed by atoms with Crippen LogP contribution < -0.4 is 10.6 Å². The molecule has 0 radical (unpaired) electrons. The summed E-state index contributed by atoms with van der Waals surface area (Å²) in [7, 11) is 2.07. The molecule has 6 nitrogen and oxygen atoms in total. The van der Waals surface area contributed by atoms with Gasteiger partial charge in [0.05, 0.1) is 22.9 Å². The van der Waals surface area contributed by atoms with Gasteiger partial charge in [0.15, 0.2) is 0 Å².